The van der Waals surface area contributed by atoms with Crippen LogP contribution < -0.4 is 4.74 Å². The van der Waals surface area contributed by atoms with Crippen molar-refractivity contribution in [2.75, 3.05) is 7.11 Å². The molecule has 1 aromatic carbocycles. The van der Waals surface area contributed by atoms with Gasteiger partial charge in [-0.1, -0.05) is 11.8 Å². The van der Waals surface area contributed by atoms with Gasteiger partial charge >= 0.3 is 0 Å². The largest absolute Gasteiger partial charge is 0.497 e. The molecule has 0 spiro atoms. The van der Waals surface area contributed by atoms with E-state index in [0.717, 1.165) is 22.2 Å². The molecular weight excluding hydrogens is 294 g/mol. The van der Waals surface area contributed by atoms with Crippen molar-refractivity contribution >= 4 is 34.1 Å². The highest BCUT2D eigenvalue weighted by Gasteiger charge is 2.18. The molecule has 20 heavy (non-hydrogen) atoms. The molecule has 0 saturated heterocycles. The lowest BCUT2D eigenvalue weighted by Crippen LogP contribution is -2.19. The van der Waals surface area contributed by atoms with Gasteiger partial charge in [0.25, 0.3) is 0 Å². The summed E-state index contributed by atoms with van der Waals surface area (Å²) in [4.78, 5) is 12.0. The van der Waals surface area contributed by atoms with Crippen LogP contribution >= 0.6 is 11.8 Å². The molecule has 0 bridgehead atoms. The van der Waals surface area contributed by atoms with E-state index in [-0.39, 0.29) is 5.12 Å². The van der Waals surface area contributed by atoms with E-state index in [4.69, 9.17) is 4.74 Å². The molecule has 4 nitrogen and oxygen atoms in total. The van der Waals surface area contributed by atoms with Crippen molar-refractivity contribution in [3.8, 4) is 5.75 Å². The number of methoxy groups -OCH3 is 1. The summed E-state index contributed by atoms with van der Waals surface area (Å²) in [6.07, 6.45) is 1.54. The lowest BCUT2D eigenvalue weighted by molar-refractivity contribution is -0.109. The van der Waals surface area contributed by atoms with Gasteiger partial charge in [0.1, 0.15) is 16.7 Å². The van der Waals surface area contributed by atoms with E-state index in [9.17, 15) is 9.00 Å². The Balaban J connectivity index is 3.10. The lowest BCUT2D eigenvalue weighted by atomic mass is 10.2. The molecule has 0 N–H and O–H groups in total. The molecule has 0 heterocycles. The van der Waals surface area contributed by atoms with Crippen molar-refractivity contribution in [1.82, 2.24) is 0 Å². The molecular formula is C14H19NO3S2. The highest BCUT2D eigenvalue weighted by molar-refractivity contribution is 8.13. The van der Waals surface area contributed by atoms with Crippen LogP contribution in [0.3, 0.4) is 0 Å². The molecule has 110 valence electrons. The number of carbonyl (C=O) groups excluding carboxylic acids is 1. The third kappa shape index (κ3) is 5.09. The van der Waals surface area contributed by atoms with Gasteiger partial charge in [0, 0.05) is 23.6 Å². The molecule has 1 aromatic rings. The summed E-state index contributed by atoms with van der Waals surface area (Å²) in [5.41, 5.74) is 0.724. The molecule has 6 heteroatoms. The zero-order valence-electron chi connectivity index (χ0n) is 12.3. The number of hydrogen-bond acceptors (Lipinski definition) is 4. The van der Waals surface area contributed by atoms with E-state index in [1.54, 1.807) is 25.3 Å². The molecule has 0 aliphatic rings. The Labute approximate surface area is 126 Å². The number of nitrogens with zero attached hydrogens (tertiary/aromatic N) is 1. The van der Waals surface area contributed by atoms with Crippen molar-refractivity contribution in [1.29, 1.82) is 0 Å². The van der Waals surface area contributed by atoms with E-state index >= 15 is 0 Å². The van der Waals surface area contributed by atoms with E-state index in [0.29, 0.717) is 5.75 Å². The molecule has 0 fully saturated rings. The monoisotopic (exact) mass is 313 g/mol. The summed E-state index contributed by atoms with van der Waals surface area (Å²) < 4.78 is 20.8. The first-order chi connectivity index (χ1) is 9.24. The van der Waals surface area contributed by atoms with Gasteiger partial charge < -0.3 is 4.74 Å². The maximum Gasteiger partial charge on any atom is 0.190 e. The highest BCUT2D eigenvalue weighted by Crippen LogP contribution is 2.26. The molecule has 1 rings (SSSR count). The molecule has 0 saturated carbocycles. The number of ether oxygens (including phenoxy) is 1. The number of thioether (sulfide) groups is 1. The minimum absolute atomic E-state index is 0.0123. The van der Waals surface area contributed by atoms with Crippen LogP contribution in [0.5, 0.6) is 5.75 Å². The van der Waals surface area contributed by atoms with Crippen molar-refractivity contribution in [3.63, 3.8) is 0 Å². The third-order valence-electron chi connectivity index (χ3n) is 2.28. The quantitative estimate of drug-likeness (QED) is 0.632. The van der Waals surface area contributed by atoms with E-state index < -0.39 is 15.7 Å². The Morgan fingerprint density at radius 3 is 2.55 bits per heavy atom. The average molecular weight is 313 g/mol. The van der Waals surface area contributed by atoms with Crippen molar-refractivity contribution in [2.24, 2.45) is 4.40 Å². The predicted molar refractivity (Wildman–Crippen MR) is 85.0 cm³/mol. The second-order valence-corrected chi connectivity index (χ2v) is 8.25. The number of benzene rings is 1. The standard InChI is InChI=1S/C14H19NO3S2/c1-10(16)19-13-7-6-12(18-5)8-11(13)9-15-20(17)14(2,3)4/h6-9H,1-5H3. The minimum atomic E-state index is -1.33. The van der Waals surface area contributed by atoms with Gasteiger partial charge in [-0.05, 0) is 39.0 Å². The fourth-order valence-electron chi connectivity index (χ4n) is 1.26. The second kappa shape index (κ2) is 7.04. The van der Waals surface area contributed by atoms with Crippen LogP contribution in [-0.2, 0) is 15.8 Å². The summed E-state index contributed by atoms with van der Waals surface area (Å²) in [5.74, 6) is 0.667. The maximum absolute atomic E-state index is 11.9. The van der Waals surface area contributed by atoms with Gasteiger partial charge in [-0.3, -0.25) is 4.79 Å². The second-order valence-electron chi connectivity index (χ2n) is 5.09. The van der Waals surface area contributed by atoms with Gasteiger partial charge in [-0.15, -0.1) is 0 Å². The summed E-state index contributed by atoms with van der Waals surface area (Å²) in [7, 11) is 0.238. The predicted octanol–water partition coefficient (Wildman–Crippen LogP) is 3.21. The molecule has 1 atom stereocenters. The normalized spacial score (nSPS) is 13.4. The zero-order chi connectivity index (χ0) is 15.3. The van der Waals surface area contributed by atoms with Crippen LogP contribution in [0.2, 0.25) is 0 Å². The first-order valence-corrected chi connectivity index (χ1v) is 7.99. The zero-order valence-corrected chi connectivity index (χ0v) is 13.9. The molecule has 0 aliphatic carbocycles. The summed E-state index contributed by atoms with van der Waals surface area (Å²) in [5, 5.41) is -0.0123. The molecule has 0 aromatic heterocycles. The SMILES string of the molecule is COc1ccc(SC(C)=O)c(C=NS(=O)C(C)(C)C)c1. The number of rotatable bonds is 4. The van der Waals surface area contributed by atoms with E-state index in [2.05, 4.69) is 4.40 Å². The Morgan fingerprint density at radius 2 is 2.05 bits per heavy atom. The van der Waals surface area contributed by atoms with Crippen molar-refractivity contribution in [2.45, 2.75) is 37.3 Å². The third-order valence-corrected chi connectivity index (χ3v) is 4.51. The van der Waals surface area contributed by atoms with Crippen LogP contribution in [0.25, 0.3) is 0 Å². The number of hydrogen-bond donors (Lipinski definition) is 0. The van der Waals surface area contributed by atoms with Crippen LogP contribution in [0, 0.1) is 0 Å². The van der Waals surface area contributed by atoms with Gasteiger partial charge in [0.15, 0.2) is 5.12 Å². The molecule has 0 amide bonds. The molecule has 0 radical (unpaired) electrons. The van der Waals surface area contributed by atoms with Gasteiger partial charge in [-0.2, -0.15) is 4.40 Å². The summed E-state index contributed by atoms with van der Waals surface area (Å²) >= 11 is 1.12. The number of carbonyl (C=O) groups is 1. The fourth-order valence-corrected chi connectivity index (χ4v) is 2.47. The summed E-state index contributed by atoms with van der Waals surface area (Å²) in [6.45, 7) is 7.08. The average Bonchev–Trinajstić information content (AvgIpc) is 2.35. The Kier molecular flexibility index (Phi) is 5.95. The molecule has 0 aliphatic heterocycles. The minimum Gasteiger partial charge on any atom is -0.497 e. The van der Waals surface area contributed by atoms with Gasteiger partial charge in [-0.25, -0.2) is 4.21 Å². The van der Waals surface area contributed by atoms with Gasteiger partial charge in [0.05, 0.1) is 11.9 Å². The first-order valence-electron chi connectivity index (χ1n) is 6.06. The van der Waals surface area contributed by atoms with Crippen molar-refractivity contribution < 1.29 is 13.7 Å². The molecule has 1 unspecified atom stereocenters. The first kappa shape index (κ1) is 16.9. The van der Waals surface area contributed by atoms with E-state index in [1.807, 2.05) is 20.8 Å². The fraction of sp³-hybridized carbons (Fsp3) is 0.429. The summed E-state index contributed by atoms with van der Waals surface area (Å²) in [6, 6.07) is 5.35. The lowest BCUT2D eigenvalue weighted by Gasteiger charge is -2.13. The van der Waals surface area contributed by atoms with Crippen LogP contribution in [0.1, 0.15) is 33.3 Å². The van der Waals surface area contributed by atoms with Crippen LogP contribution in [0.4, 0.5) is 0 Å². The highest BCUT2D eigenvalue weighted by atomic mass is 32.2. The van der Waals surface area contributed by atoms with Crippen LogP contribution in [0.15, 0.2) is 27.5 Å². The van der Waals surface area contributed by atoms with Crippen molar-refractivity contribution in [3.05, 3.63) is 23.8 Å². The van der Waals surface area contributed by atoms with E-state index in [1.165, 1.54) is 13.1 Å². The van der Waals surface area contributed by atoms with Gasteiger partial charge in [0.2, 0.25) is 0 Å². The Hall–Kier alpha value is -1.14. The topological polar surface area (TPSA) is 55.7 Å². The Bertz CT molecular complexity index is 548. The van der Waals surface area contributed by atoms with Crippen LogP contribution in [-0.4, -0.2) is 27.4 Å². The maximum atomic E-state index is 11.9. The Morgan fingerprint density at radius 1 is 1.40 bits per heavy atom. The smallest absolute Gasteiger partial charge is 0.190 e.